The maximum absolute atomic E-state index is 9.67. The van der Waals surface area contributed by atoms with Gasteiger partial charge in [0, 0.05) is 74.4 Å². The van der Waals surface area contributed by atoms with E-state index in [9.17, 15) is 12.9 Å². The smallest absolute Gasteiger partial charge is 1.00 e. The summed E-state index contributed by atoms with van der Waals surface area (Å²) in [6.45, 7) is 63.7. The van der Waals surface area contributed by atoms with E-state index in [1.807, 2.05) is 111 Å². The Labute approximate surface area is 875 Å². The van der Waals surface area contributed by atoms with E-state index in [1.54, 1.807) is 45.3 Å². The summed E-state index contributed by atoms with van der Waals surface area (Å²) in [5, 5.41) is 4.38. The average Bonchev–Trinajstić information content (AvgIpc) is 1.52. The van der Waals surface area contributed by atoms with E-state index in [4.69, 9.17) is 23.6 Å². The number of benzene rings is 7. The maximum Gasteiger partial charge on any atom is 3.00 e. The van der Waals surface area contributed by atoms with Crippen LogP contribution < -0.4 is 10.2 Å². The van der Waals surface area contributed by atoms with Crippen molar-refractivity contribution in [3.8, 4) is 39.8 Å². The first kappa shape index (κ1) is 124. The zero-order valence-electron chi connectivity index (χ0n) is 84.1. The van der Waals surface area contributed by atoms with Gasteiger partial charge in [-0.25, -0.2) is 24.9 Å². The first-order valence-electron chi connectivity index (χ1n) is 46.1. The predicted molar refractivity (Wildman–Crippen MR) is 580 cm³/mol. The zero-order valence-corrected chi connectivity index (χ0v) is 95.3. The number of aromatic nitrogens is 10. The van der Waals surface area contributed by atoms with E-state index in [2.05, 4.69) is 343 Å². The van der Waals surface area contributed by atoms with Gasteiger partial charge in [-0.1, -0.05) is 225 Å². The topological polar surface area (TPSA) is 142 Å². The third-order valence-corrected chi connectivity index (χ3v) is 28.0. The molecule has 2 saturated heterocycles. The van der Waals surface area contributed by atoms with Gasteiger partial charge in [0.25, 0.3) is 0 Å². The Kier molecular flexibility index (Phi) is 52.1. The summed E-state index contributed by atoms with van der Waals surface area (Å²) < 4.78 is 65.6. The third kappa shape index (κ3) is 34.0. The molecule has 136 heavy (non-hydrogen) atoms. The first-order valence-corrected chi connectivity index (χ1v) is 51.0. The molecule has 3 aliphatic rings. The number of fused-ring (bicyclic) bond motifs is 4. The minimum absolute atomic E-state index is 0. The van der Waals surface area contributed by atoms with Crippen LogP contribution in [-0.2, 0) is 58.8 Å². The maximum atomic E-state index is 9.67. The Balaban J connectivity index is 0.000000543. The number of thiazole rings is 4. The molecular formula is C107H149B3Br2F4Ir2N10O4S4-. The van der Waals surface area contributed by atoms with Crippen molar-refractivity contribution in [2.24, 2.45) is 0 Å². The number of hydrogen-bond donors (Lipinski definition) is 0. The van der Waals surface area contributed by atoms with Crippen molar-refractivity contribution >= 4 is 145 Å². The molecule has 14 aromatic rings. The second kappa shape index (κ2) is 57.1. The molecule has 1 radical (unpaired) electrons. The molecule has 0 N–H and O–H groups in total. The Hall–Kier alpha value is -6.26. The normalized spacial score (nSPS) is 14.2. The van der Waals surface area contributed by atoms with Crippen LogP contribution in [0, 0.1) is 53.5 Å². The minimum atomic E-state index is -3.67. The van der Waals surface area contributed by atoms with Gasteiger partial charge in [-0.2, -0.15) is 39.0 Å². The molecule has 745 valence electrons. The average molecular weight is 2420 g/mol. The minimum Gasteiger partial charge on any atom is -1.00 e. The summed E-state index contributed by atoms with van der Waals surface area (Å²) in [7, 11) is -4.04. The molecule has 1 saturated carbocycles. The fraction of sp³-hybridized carbons (Fsp3) is 0.467. The summed E-state index contributed by atoms with van der Waals surface area (Å²) in [4.78, 5) is 31.9. The van der Waals surface area contributed by atoms with Gasteiger partial charge < -0.3 is 40.7 Å². The van der Waals surface area contributed by atoms with Gasteiger partial charge in [0.05, 0.1) is 90.3 Å². The number of imidazole rings is 3. The Morgan fingerprint density at radius 1 is 0.434 bits per heavy atom. The van der Waals surface area contributed by atoms with Crippen LogP contribution in [0.2, 0.25) is 6.82 Å². The standard InChI is InChI=1S/C23H25N3S.C23H24N3S.C16H21BrN2.C14H18BNO2S.C8H6BrNS.C8H16.C7H15BO2.2C3H7.2CH4.BF3.FH.2Ir.H2/c2*1-14(2)18-7-6-8-19(15(3)4)22(18)26-12-11-24-23(26)17-9-10-21-20(13-17)25-16(5)27-21;1-10(2)13-8-12(5)9-14(11(3)4)15(13)19-7-6-18-16(19)17;1-9-16-11-8-10(6-7-12(11)19-9)15-17-13(2,3)14(4,5)18-15;1-5-10-7-4-6(9)2-3-8(7)11-5;1-2-4-6-8-7-5-3-1;1-6(2)7(3,4)10-8(5)9-6;2*1-3-2;;;2-1(3)4;;;;/h6-15H,1-5H3;6-8,10-15H,1-5H3;6-11H,1-5H3;6-8H,1-5H3;2-4H,1H3;1-8H2;1-5H3;2*3H,1-2H3;2*1H4;;1H;;;1H/q;-1;;;;;;2*-1;;;;;;+3;/p-1. The molecule has 7 aromatic carbocycles. The first-order chi connectivity index (χ1) is 61.8. The summed E-state index contributed by atoms with van der Waals surface area (Å²) in [5.41, 5.74) is 19.6. The third-order valence-electron chi connectivity index (χ3n) is 23.1. The van der Waals surface area contributed by atoms with Gasteiger partial charge in [0.2, 0.25) is 0 Å². The monoisotopic (exact) mass is 2420 g/mol. The van der Waals surface area contributed by atoms with Crippen molar-refractivity contribution in [2.75, 3.05) is 0 Å². The summed E-state index contributed by atoms with van der Waals surface area (Å²) in [6, 6.07) is 44.3. The second-order valence-electron chi connectivity index (χ2n) is 37.3. The fourth-order valence-electron chi connectivity index (χ4n) is 15.5. The van der Waals surface area contributed by atoms with E-state index in [-0.39, 0.29) is 97.8 Å². The van der Waals surface area contributed by atoms with Gasteiger partial charge in [-0.15, -0.1) is 57.8 Å². The molecule has 0 amide bonds. The molecule has 17 rings (SSSR count). The molecule has 0 spiro atoms. The molecule has 29 heteroatoms. The molecule has 2 aliphatic heterocycles. The zero-order chi connectivity index (χ0) is 96.7. The van der Waals surface area contributed by atoms with Gasteiger partial charge in [-0.3, -0.25) is 32.0 Å². The van der Waals surface area contributed by atoms with E-state index in [1.165, 1.54) is 126 Å². The van der Waals surface area contributed by atoms with Gasteiger partial charge >= 0.3 is 41.9 Å². The van der Waals surface area contributed by atoms with Crippen LogP contribution in [0.15, 0.2) is 162 Å². The largest absolute Gasteiger partial charge is 3.00 e. The molecule has 0 atom stereocenters. The quantitative estimate of drug-likeness (QED) is 0.0655. The van der Waals surface area contributed by atoms with Crippen LogP contribution in [-0.4, -0.2) is 92.8 Å². The van der Waals surface area contributed by atoms with Crippen molar-refractivity contribution < 1.29 is 77.9 Å². The van der Waals surface area contributed by atoms with Crippen molar-refractivity contribution in [1.29, 1.82) is 0 Å². The van der Waals surface area contributed by atoms with Crippen LogP contribution in [0.4, 0.5) is 12.9 Å². The van der Waals surface area contributed by atoms with Gasteiger partial charge in [0.1, 0.15) is 5.82 Å². The van der Waals surface area contributed by atoms with Crippen LogP contribution in [0.1, 0.15) is 328 Å². The number of halogens is 6. The number of aryl methyl sites for hydroxylation is 5. The van der Waals surface area contributed by atoms with Crippen molar-refractivity contribution in [2.45, 2.75) is 332 Å². The molecule has 7 aromatic heterocycles. The summed E-state index contributed by atoms with van der Waals surface area (Å²) >= 11 is 13.8. The number of hydrogen-bond acceptors (Lipinski definition) is 15. The van der Waals surface area contributed by atoms with Gasteiger partial charge in [0.15, 0.2) is 4.73 Å². The van der Waals surface area contributed by atoms with Crippen molar-refractivity contribution in [1.82, 2.24) is 48.6 Å². The Bertz CT molecular complexity index is 5640. The van der Waals surface area contributed by atoms with Crippen LogP contribution in [0.3, 0.4) is 0 Å². The molecular weight excluding hydrogens is 2270 g/mol. The summed E-state index contributed by atoms with van der Waals surface area (Å²) in [5.74, 6) is 4.61. The Morgan fingerprint density at radius 3 is 1.12 bits per heavy atom. The van der Waals surface area contributed by atoms with Gasteiger partial charge in [-0.05, 0) is 246 Å². The molecule has 3 fully saturated rings. The van der Waals surface area contributed by atoms with Crippen LogP contribution in [0.25, 0.3) is 80.7 Å². The van der Waals surface area contributed by atoms with Crippen molar-refractivity contribution in [3.63, 3.8) is 0 Å². The number of nitrogens with zero attached hydrogens (tertiary/aromatic N) is 10. The number of rotatable bonds is 12. The number of para-hydroxylation sites is 2. The van der Waals surface area contributed by atoms with Crippen LogP contribution >= 0.6 is 77.2 Å². The van der Waals surface area contributed by atoms with E-state index in [0.29, 0.717) is 35.5 Å². The molecule has 1 aliphatic carbocycles. The molecule has 9 heterocycles. The predicted octanol–water partition coefficient (Wildman–Crippen LogP) is 31.4. The molecule has 0 bridgehead atoms. The second-order valence-corrected chi connectivity index (χ2v) is 43.9. The van der Waals surface area contributed by atoms with E-state index in [0.717, 1.165) is 79.5 Å². The van der Waals surface area contributed by atoms with Crippen molar-refractivity contribution in [3.05, 3.63) is 240 Å². The SMILES string of the molecule is C.C.C1CCCCCCC1.CB1OC(C)(C)C(C)(C)O1.C[CH-]C.C[CH-]C.Cc1cc(C(C)C)c(-n2ccnc2Br)c(C(C)C)c1.Cc1nc2cc(-c3nccn3-c3c(C(C)C)cccc3C(C)C)[c-]cc2s1.Cc1nc2cc(-c3nccn3-c3c(C(C)C)cccc3C(C)C)ccc2s1.Cc1nc2cc(B3OC(C)(C)C(C)(C)O3)ccc2s1.Cc1nc2cc(Br)ccc2s1.FB(F)F.[F-].[HH].[Ir+3].[Ir]. The van der Waals surface area contributed by atoms with Crippen LogP contribution in [0.5, 0.6) is 0 Å². The Morgan fingerprint density at radius 2 is 0.750 bits per heavy atom. The molecule has 0 unspecified atom stereocenters. The molecule has 14 nitrogen and oxygen atoms in total. The summed E-state index contributed by atoms with van der Waals surface area (Å²) in [6.07, 6.45) is 27.8. The van der Waals surface area contributed by atoms with E-state index < -0.39 is 7.54 Å². The fourth-order valence-corrected chi connectivity index (χ4v) is 19.4. The van der Waals surface area contributed by atoms with E-state index >= 15 is 0 Å².